The van der Waals surface area contributed by atoms with Gasteiger partial charge in [-0.1, -0.05) is 30.3 Å². The van der Waals surface area contributed by atoms with Crippen molar-refractivity contribution >= 4 is 22.2 Å². The van der Waals surface area contributed by atoms with E-state index < -0.39 is 0 Å². The minimum absolute atomic E-state index is 0.140. The summed E-state index contributed by atoms with van der Waals surface area (Å²) in [6.07, 6.45) is 0.564. The Morgan fingerprint density at radius 1 is 1.30 bits per heavy atom. The zero-order valence-corrected chi connectivity index (χ0v) is 12.4. The molecule has 0 bridgehead atoms. The molecule has 0 saturated heterocycles. The molecule has 0 aliphatic heterocycles. The number of aldehydes is 1. The van der Waals surface area contributed by atoms with Crippen molar-refractivity contribution in [2.75, 3.05) is 7.11 Å². The van der Waals surface area contributed by atoms with Crippen molar-refractivity contribution < 1.29 is 19.4 Å². The summed E-state index contributed by atoms with van der Waals surface area (Å²) in [5, 5.41) is 9.81. The van der Waals surface area contributed by atoms with Gasteiger partial charge in [0.2, 0.25) is 0 Å². The topological polar surface area (TPSA) is 55.8 Å². The number of ether oxygens (including phenoxy) is 2. The van der Waals surface area contributed by atoms with Crippen LogP contribution in [0.2, 0.25) is 0 Å². The van der Waals surface area contributed by atoms with E-state index in [1.54, 1.807) is 0 Å². The lowest BCUT2D eigenvalue weighted by atomic mass is 10.2. The van der Waals surface area contributed by atoms with E-state index >= 15 is 0 Å². The molecule has 0 atom stereocenters. The number of hydrogen-bond donors (Lipinski definition) is 1. The van der Waals surface area contributed by atoms with Gasteiger partial charge < -0.3 is 14.6 Å². The van der Waals surface area contributed by atoms with E-state index in [-0.39, 0.29) is 11.3 Å². The Labute approximate surface area is 125 Å². The first-order valence-electron chi connectivity index (χ1n) is 5.88. The SMILES string of the molecule is COc1c(OCc2ccccc2)cc(C=O)c(O)c1Br. The molecule has 0 aliphatic carbocycles. The molecule has 2 aromatic rings. The lowest BCUT2D eigenvalue weighted by Crippen LogP contribution is -1.99. The van der Waals surface area contributed by atoms with Gasteiger partial charge in [0.05, 0.1) is 12.7 Å². The number of phenolic OH excluding ortho intramolecular Hbond substituents is 1. The summed E-state index contributed by atoms with van der Waals surface area (Å²) >= 11 is 3.20. The number of hydrogen-bond acceptors (Lipinski definition) is 4. The minimum atomic E-state index is -0.163. The van der Waals surface area contributed by atoms with Crippen LogP contribution in [0, 0.1) is 0 Å². The van der Waals surface area contributed by atoms with E-state index in [1.165, 1.54) is 13.2 Å². The fourth-order valence-electron chi connectivity index (χ4n) is 1.74. The van der Waals surface area contributed by atoms with E-state index in [9.17, 15) is 9.90 Å². The summed E-state index contributed by atoms with van der Waals surface area (Å²) in [4.78, 5) is 10.9. The molecular weight excluding hydrogens is 324 g/mol. The maximum Gasteiger partial charge on any atom is 0.178 e. The molecule has 0 fully saturated rings. The highest BCUT2D eigenvalue weighted by Crippen LogP contribution is 2.43. The van der Waals surface area contributed by atoms with Gasteiger partial charge in [-0.05, 0) is 27.6 Å². The van der Waals surface area contributed by atoms with Gasteiger partial charge in [0.25, 0.3) is 0 Å². The standard InChI is InChI=1S/C15H13BrO4/c1-19-15-12(7-11(8-17)14(18)13(15)16)20-9-10-5-3-2-4-6-10/h2-8,18H,9H2,1H3. The Bertz CT molecular complexity index is 611. The van der Waals surface area contributed by atoms with Gasteiger partial charge in [-0.2, -0.15) is 0 Å². The predicted octanol–water partition coefficient (Wildman–Crippen LogP) is 3.55. The lowest BCUT2D eigenvalue weighted by molar-refractivity contribution is 0.112. The van der Waals surface area contributed by atoms with E-state index in [4.69, 9.17) is 9.47 Å². The molecule has 0 spiro atoms. The van der Waals surface area contributed by atoms with Gasteiger partial charge in [-0.15, -0.1) is 0 Å². The van der Waals surface area contributed by atoms with E-state index in [2.05, 4.69) is 15.9 Å². The summed E-state index contributed by atoms with van der Waals surface area (Å²) in [5.74, 6) is 0.580. The second kappa shape index (κ2) is 6.43. The van der Waals surface area contributed by atoms with Crippen LogP contribution in [0.5, 0.6) is 17.2 Å². The third-order valence-electron chi connectivity index (χ3n) is 2.76. The first-order chi connectivity index (χ1) is 9.67. The Hall–Kier alpha value is -2.01. The number of halogens is 1. The summed E-state index contributed by atoms with van der Waals surface area (Å²) in [6, 6.07) is 11.1. The van der Waals surface area contributed by atoms with Gasteiger partial charge in [-0.3, -0.25) is 4.79 Å². The molecule has 2 aromatic carbocycles. The first-order valence-corrected chi connectivity index (χ1v) is 6.68. The van der Waals surface area contributed by atoms with Gasteiger partial charge in [-0.25, -0.2) is 0 Å². The highest BCUT2D eigenvalue weighted by molar-refractivity contribution is 9.10. The zero-order chi connectivity index (χ0) is 14.5. The zero-order valence-electron chi connectivity index (χ0n) is 10.8. The monoisotopic (exact) mass is 336 g/mol. The number of benzene rings is 2. The molecule has 20 heavy (non-hydrogen) atoms. The van der Waals surface area contributed by atoms with Gasteiger partial charge in [0, 0.05) is 0 Å². The molecule has 1 N–H and O–H groups in total. The van der Waals surface area contributed by atoms with Crippen molar-refractivity contribution in [1.82, 2.24) is 0 Å². The maximum absolute atomic E-state index is 10.9. The molecule has 0 heterocycles. The van der Waals surface area contributed by atoms with Crippen LogP contribution in [0.4, 0.5) is 0 Å². The highest BCUT2D eigenvalue weighted by Gasteiger charge is 2.17. The summed E-state index contributed by atoms with van der Waals surface area (Å²) in [6.45, 7) is 0.340. The van der Waals surface area contributed by atoms with E-state index in [0.717, 1.165) is 5.56 Å². The Morgan fingerprint density at radius 2 is 2.00 bits per heavy atom. The van der Waals surface area contributed by atoms with Gasteiger partial charge in [0.1, 0.15) is 16.8 Å². The molecule has 0 radical (unpaired) electrons. The van der Waals surface area contributed by atoms with E-state index in [1.807, 2.05) is 30.3 Å². The highest BCUT2D eigenvalue weighted by atomic mass is 79.9. The number of methoxy groups -OCH3 is 1. The fraction of sp³-hybridized carbons (Fsp3) is 0.133. The number of carbonyl (C=O) groups excluding carboxylic acids is 1. The number of rotatable bonds is 5. The van der Waals surface area contributed by atoms with Crippen LogP contribution < -0.4 is 9.47 Å². The number of phenols is 1. The molecule has 4 nitrogen and oxygen atoms in total. The van der Waals surface area contributed by atoms with E-state index in [0.29, 0.717) is 28.9 Å². The average Bonchev–Trinajstić information content (AvgIpc) is 2.49. The van der Waals surface area contributed by atoms with Crippen LogP contribution in [-0.2, 0) is 6.61 Å². The molecular formula is C15H13BrO4. The quantitative estimate of drug-likeness (QED) is 0.848. The van der Waals surface area contributed by atoms with Crippen molar-refractivity contribution in [1.29, 1.82) is 0 Å². The molecule has 5 heteroatoms. The van der Waals surface area contributed by atoms with Crippen LogP contribution in [0.3, 0.4) is 0 Å². The van der Waals surface area contributed by atoms with Crippen molar-refractivity contribution in [3.05, 3.63) is 52.0 Å². The third-order valence-corrected chi connectivity index (χ3v) is 3.50. The number of carbonyl (C=O) groups is 1. The molecule has 0 aliphatic rings. The predicted molar refractivity (Wildman–Crippen MR) is 78.5 cm³/mol. The van der Waals surface area contributed by atoms with Crippen LogP contribution in [0.15, 0.2) is 40.9 Å². The normalized spacial score (nSPS) is 10.1. The molecule has 2 rings (SSSR count). The number of aromatic hydroxyl groups is 1. The van der Waals surface area contributed by atoms with Gasteiger partial charge in [0.15, 0.2) is 17.8 Å². The van der Waals surface area contributed by atoms with Crippen LogP contribution in [0.1, 0.15) is 15.9 Å². The second-order valence-electron chi connectivity index (χ2n) is 4.05. The Balaban J connectivity index is 2.31. The van der Waals surface area contributed by atoms with Crippen molar-refractivity contribution in [3.8, 4) is 17.2 Å². The molecule has 0 unspecified atom stereocenters. The van der Waals surface area contributed by atoms with Crippen molar-refractivity contribution in [2.24, 2.45) is 0 Å². The smallest absolute Gasteiger partial charge is 0.178 e. The summed E-state index contributed by atoms with van der Waals surface area (Å²) in [5.41, 5.74) is 1.13. The van der Waals surface area contributed by atoms with Crippen molar-refractivity contribution in [3.63, 3.8) is 0 Å². The molecule has 0 aromatic heterocycles. The third kappa shape index (κ3) is 2.93. The minimum Gasteiger partial charge on any atom is -0.506 e. The maximum atomic E-state index is 10.9. The van der Waals surface area contributed by atoms with Crippen LogP contribution >= 0.6 is 15.9 Å². The Morgan fingerprint density at radius 3 is 2.60 bits per heavy atom. The molecule has 104 valence electrons. The van der Waals surface area contributed by atoms with Gasteiger partial charge >= 0.3 is 0 Å². The fourth-order valence-corrected chi connectivity index (χ4v) is 2.33. The molecule has 0 amide bonds. The average molecular weight is 337 g/mol. The first kappa shape index (κ1) is 14.4. The van der Waals surface area contributed by atoms with Crippen LogP contribution in [0.25, 0.3) is 0 Å². The second-order valence-corrected chi connectivity index (χ2v) is 4.84. The Kier molecular flexibility index (Phi) is 4.63. The molecule has 0 saturated carbocycles. The van der Waals surface area contributed by atoms with Crippen molar-refractivity contribution in [2.45, 2.75) is 6.61 Å². The van der Waals surface area contributed by atoms with Crippen LogP contribution in [-0.4, -0.2) is 18.5 Å². The summed E-state index contributed by atoms with van der Waals surface area (Å²) in [7, 11) is 1.47. The summed E-state index contributed by atoms with van der Waals surface area (Å²) < 4.78 is 11.2. The lowest BCUT2D eigenvalue weighted by Gasteiger charge is -2.14. The largest absolute Gasteiger partial charge is 0.506 e.